The van der Waals surface area contributed by atoms with E-state index in [1.54, 1.807) is 18.2 Å². The van der Waals surface area contributed by atoms with E-state index in [1.807, 2.05) is 25.1 Å². The summed E-state index contributed by atoms with van der Waals surface area (Å²) in [5, 5.41) is 6.68. The van der Waals surface area contributed by atoms with Gasteiger partial charge in [-0.05, 0) is 43.2 Å². The fourth-order valence-electron chi connectivity index (χ4n) is 2.76. The van der Waals surface area contributed by atoms with Crippen LogP contribution in [0, 0.1) is 0 Å². The van der Waals surface area contributed by atoms with Gasteiger partial charge in [-0.3, -0.25) is 0 Å². The molecule has 0 fully saturated rings. The number of nitrogens with zero attached hydrogens (tertiary/aromatic N) is 2. The van der Waals surface area contributed by atoms with Crippen molar-refractivity contribution in [3.63, 3.8) is 0 Å². The summed E-state index contributed by atoms with van der Waals surface area (Å²) < 4.78 is 0. The summed E-state index contributed by atoms with van der Waals surface area (Å²) in [6.45, 7) is 1.88. The summed E-state index contributed by atoms with van der Waals surface area (Å²) in [6.07, 6.45) is 0.567. The first-order valence-corrected chi connectivity index (χ1v) is 8.14. The third kappa shape index (κ3) is 3.05. The van der Waals surface area contributed by atoms with Crippen LogP contribution in [0.5, 0.6) is 0 Å². The van der Waals surface area contributed by atoms with Crippen molar-refractivity contribution in [2.75, 3.05) is 5.73 Å². The molecule has 0 radical (unpaired) electrons. The Morgan fingerprint density at radius 3 is 2.46 bits per heavy atom. The molecule has 1 aliphatic rings. The van der Waals surface area contributed by atoms with Gasteiger partial charge < -0.3 is 11.5 Å². The van der Waals surface area contributed by atoms with Crippen LogP contribution in [0.2, 0.25) is 10.0 Å². The number of benzene rings is 2. The van der Waals surface area contributed by atoms with E-state index in [-0.39, 0.29) is 6.04 Å². The third-order valence-electron chi connectivity index (χ3n) is 3.95. The number of hydrogen-bond acceptors (Lipinski definition) is 3. The molecule has 2 aromatic carbocycles. The first-order chi connectivity index (χ1) is 11.4. The monoisotopic (exact) mass is 362 g/mol. The van der Waals surface area contributed by atoms with Crippen molar-refractivity contribution in [3.8, 4) is 0 Å². The largest absolute Gasteiger partial charge is 0.399 e. The second-order valence-corrected chi connectivity index (χ2v) is 6.54. The van der Waals surface area contributed by atoms with Gasteiger partial charge in [-0.2, -0.15) is 5.10 Å². The number of hydrazone groups is 1. The molecule has 1 unspecified atom stereocenters. The molecule has 1 heterocycles. The maximum Gasteiger partial charge on any atom is 0.335 e. The van der Waals surface area contributed by atoms with E-state index in [1.165, 1.54) is 5.01 Å². The number of carbonyl (C=O) groups excluding carboxylic acids is 1. The van der Waals surface area contributed by atoms with Crippen LogP contribution in [-0.4, -0.2) is 22.8 Å². The summed E-state index contributed by atoms with van der Waals surface area (Å²) >= 11 is 12.4. The van der Waals surface area contributed by atoms with Crippen LogP contribution in [0.15, 0.2) is 41.5 Å². The Morgan fingerprint density at radius 2 is 1.83 bits per heavy atom. The van der Waals surface area contributed by atoms with Crippen molar-refractivity contribution in [3.05, 3.63) is 63.1 Å². The molecular weight excluding hydrogens is 347 g/mol. The Balaban J connectivity index is 2.24. The van der Waals surface area contributed by atoms with E-state index >= 15 is 0 Å². The highest BCUT2D eigenvalue weighted by atomic mass is 35.5. The summed E-state index contributed by atoms with van der Waals surface area (Å²) in [5.74, 6) is 0. The number of nitrogens with two attached hydrogens (primary N) is 2. The zero-order chi connectivity index (χ0) is 17.4. The zero-order valence-corrected chi connectivity index (χ0v) is 14.5. The van der Waals surface area contributed by atoms with Gasteiger partial charge in [0.05, 0.1) is 21.8 Å². The lowest BCUT2D eigenvalue weighted by molar-refractivity contribution is 0.192. The Bertz CT molecular complexity index is 833. The second kappa shape index (κ2) is 6.34. The number of carbonyl (C=O) groups is 1. The van der Waals surface area contributed by atoms with Crippen LogP contribution in [0.4, 0.5) is 10.5 Å². The average Bonchev–Trinajstić information content (AvgIpc) is 2.65. The van der Waals surface area contributed by atoms with Crippen molar-refractivity contribution in [1.29, 1.82) is 0 Å². The predicted octanol–water partition coefficient (Wildman–Crippen LogP) is 3.65. The number of rotatable bonds is 1. The van der Waals surface area contributed by atoms with E-state index in [0.29, 0.717) is 27.9 Å². The Morgan fingerprint density at radius 1 is 1.21 bits per heavy atom. The molecule has 5 nitrogen and oxygen atoms in total. The lowest BCUT2D eigenvalue weighted by Crippen LogP contribution is -2.39. The minimum Gasteiger partial charge on any atom is -0.399 e. The van der Waals surface area contributed by atoms with Crippen LogP contribution >= 0.6 is 23.2 Å². The number of hydrogen-bond donors (Lipinski definition) is 2. The van der Waals surface area contributed by atoms with Gasteiger partial charge in [0.2, 0.25) is 0 Å². The van der Waals surface area contributed by atoms with E-state index < -0.39 is 6.03 Å². The maximum atomic E-state index is 11.8. The predicted molar refractivity (Wildman–Crippen MR) is 97.5 cm³/mol. The second-order valence-electron chi connectivity index (χ2n) is 5.73. The number of primary amides is 1. The molecule has 0 bridgehead atoms. The molecule has 0 spiro atoms. The lowest BCUT2D eigenvalue weighted by atomic mass is 9.94. The highest BCUT2D eigenvalue weighted by Gasteiger charge is 2.26. The van der Waals surface area contributed by atoms with Gasteiger partial charge in [0.1, 0.15) is 0 Å². The Kier molecular flexibility index (Phi) is 4.39. The van der Waals surface area contributed by atoms with Gasteiger partial charge in [0, 0.05) is 16.8 Å². The van der Waals surface area contributed by atoms with Gasteiger partial charge in [-0.15, -0.1) is 0 Å². The van der Waals surface area contributed by atoms with Crippen LogP contribution in [0.25, 0.3) is 0 Å². The number of halogens is 2. The number of urea groups is 1. The average molecular weight is 363 g/mol. The van der Waals surface area contributed by atoms with Crippen molar-refractivity contribution in [2.24, 2.45) is 10.8 Å². The van der Waals surface area contributed by atoms with Crippen LogP contribution < -0.4 is 11.5 Å². The summed E-state index contributed by atoms with van der Waals surface area (Å²) in [5.41, 5.74) is 15.1. The summed E-state index contributed by atoms with van der Waals surface area (Å²) in [7, 11) is 0. The molecule has 2 amide bonds. The fourth-order valence-corrected chi connectivity index (χ4v) is 3.11. The third-order valence-corrected chi connectivity index (χ3v) is 4.67. The molecule has 7 heteroatoms. The quantitative estimate of drug-likeness (QED) is 0.758. The van der Waals surface area contributed by atoms with E-state index in [4.69, 9.17) is 34.7 Å². The summed E-state index contributed by atoms with van der Waals surface area (Å²) in [4.78, 5) is 11.8. The Hall–Kier alpha value is -2.24. The molecule has 0 aromatic heterocycles. The normalized spacial score (nSPS) is 17.0. The van der Waals surface area contributed by atoms with Crippen LogP contribution in [0.1, 0.15) is 23.6 Å². The molecule has 24 heavy (non-hydrogen) atoms. The molecule has 2 aromatic rings. The highest BCUT2D eigenvalue weighted by Crippen LogP contribution is 2.31. The van der Waals surface area contributed by atoms with Gasteiger partial charge in [-0.25, -0.2) is 9.80 Å². The van der Waals surface area contributed by atoms with Crippen molar-refractivity contribution in [1.82, 2.24) is 5.01 Å². The smallest absolute Gasteiger partial charge is 0.335 e. The molecule has 4 N–H and O–H groups in total. The van der Waals surface area contributed by atoms with Crippen molar-refractivity contribution in [2.45, 2.75) is 19.4 Å². The van der Waals surface area contributed by atoms with Gasteiger partial charge in [0.25, 0.3) is 0 Å². The molecule has 0 aliphatic carbocycles. The van der Waals surface area contributed by atoms with Gasteiger partial charge in [0.15, 0.2) is 0 Å². The Labute approximate surface area is 149 Å². The van der Waals surface area contributed by atoms with Crippen LogP contribution in [0.3, 0.4) is 0 Å². The molecule has 1 aliphatic heterocycles. The molecule has 0 saturated heterocycles. The first kappa shape index (κ1) is 16.6. The number of amides is 2. The molecular formula is C17H16Cl2N4O. The van der Waals surface area contributed by atoms with Crippen molar-refractivity contribution >= 4 is 40.6 Å². The maximum absolute atomic E-state index is 11.8. The highest BCUT2D eigenvalue weighted by molar-refractivity contribution is 6.42. The standard InChI is InChI=1S/C17H16Cl2N4O/c1-9-6-11-7-14(18)15(19)8-13(11)16(22-23(9)17(21)24)10-2-4-12(20)5-3-10/h2-5,7-9H,6,20H2,1H3,(H2,21,24). The van der Waals surface area contributed by atoms with Gasteiger partial charge in [-0.1, -0.05) is 35.3 Å². The molecule has 0 saturated carbocycles. The van der Waals surface area contributed by atoms with Crippen molar-refractivity contribution < 1.29 is 4.79 Å². The number of anilines is 1. The van der Waals surface area contributed by atoms with Gasteiger partial charge >= 0.3 is 6.03 Å². The number of nitrogen functional groups attached to an aromatic ring is 1. The fraction of sp³-hybridized carbons (Fsp3) is 0.176. The molecule has 1 atom stereocenters. The number of fused-ring (bicyclic) bond motifs is 1. The zero-order valence-electron chi connectivity index (χ0n) is 13.0. The first-order valence-electron chi connectivity index (χ1n) is 7.38. The van der Waals surface area contributed by atoms with Crippen LogP contribution in [-0.2, 0) is 6.42 Å². The lowest BCUT2D eigenvalue weighted by Gasteiger charge is -2.20. The minimum atomic E-state index is -0.611. The van der Waals surface area contributed by atoms with E-state index in [2.05, 4.69) is 5.10 Å². The topological polar surface area (TPSA) is 84.7 Å². The SMILES string of the molecule is CC1Cc2cc(Cl)c(Cl)cc2C(c2ccc(N)cc2)=NN1C(N)=O. The van der Waals surface area contributed by atoms with E-state index in [9.17, 15) is 4.79 Å². The molecule has 124 valence electrons. The minimum absolute atomic E-state index is 0.204. The summed E-state index contributed by atoms with van der Waals surface area (Å²) in [6, 6.07) is 10.0. The van der Waals surface area contributed by atoms with E-state index in [0.717, 1.165) is 16.7 Å². The molecule has 3 rings (SSSR count).